The molecular weight excluding hydrogens is 314 g/mol. The van der Waals surface area contributed by atoms with Crippen LogP contribution in [0.25, 0.3) is 5.52 Å². The van der Waals surface area contributed by atoms with Crippen molar-refractivity contribution in [3.63, 3.8) is 0 Å². The number of nitrogens with zero attached hydrogens (tertiary/aromatic N) is 3. The van der Waals surface area contributed by atoms with Crippen molar-refractivity contribution < 1.29 is 9.53 Å². The van der Waals surface area contributed by atoms with Crippen molar-refractivity contribution in [2.24, 2.45) is 5.92 Å². The first-order chi connectivity index (χ1) is 12.2. The Hall–Kier alpha value is -1.88. The summed E-state index contributed by atoms with van der Waals surface area (Å²) in [5, 5.41) is 4.37. The number of morpholine rings is 1. The van der Waals surface area contributed by atoms with Crippen molar-refractivity contribution in [3.8, 4) is 0 Å². The molecule has 2 aliphatic rings. The van der Waals surface area contributed by atoms with Gasteiger partial charge < -0.3 is 9.64 Å². The highest BCUT2D eigenvalue weighted by molar-refractivity contribution is 6.00. The SMILES string of the molecule is CCCC[C@@H]1CN(C(=O)c2cnn3cc(C)ccc23)C[C@H](C2CC2)O1. The fourth-order valence-corrected chi connectivity index (χ4v) is 3.78. The topological polar surface area (TPSA) is 46.8 Å². The van der Waals surface area contributed by atoms with Gasteiger partial charge in [-0.1, -0.05) is 25.8 Å². The summed E-state index contributed by atoms with van der Waals surface area (Å²) in [6.07, 6.45) is 9.89. The normalized spacial score (nSPS) is 24.0. The van der Waals surface area contributed by atoms with Gasteiger partial charge in [0.05, 0.1) is 29.5 Å². The van der Waals surface area contributed by atoms with Crippen molar-refractivity contribution in [1.82, 2.24) is 14.5 Å². The second-order valence-corrected chi connectivity index (χ2v) is 7.58. The van der Waals surface area contributed by atoms with Crippen LogP contribution in [0.2, 0.25) is 0 Å². The smallest absolute Gasteiger partial charge is 0.257 e. The number of unbranched alkanes of at least 4 members (excludes halogenated alkanes) is 1. The van der Waals surface area contributed by atoms with Gasteiger partial charge in [0.15, 0.2) is 0 Å². The highest BCUT2D eigenvalue weighted by atomic mass is 16.5. The first-order valence-electron chi connectivity index (χ1n) is 9.54. The van der Waals surface area contributed by atoms with E-state index in [1.165, 1.54) is 12.8 Å². The van der Waals surface area contributed by atoms with Gasteiger partial charge in [0.25, 0.3) is 5.91 Å². The molecule has 2 aromatic heterocycles. The van der Waals surface area contributed by atoms with Gasteiger partial charge in [-0.05, 0) is 43.7 Å². The summed E-state index contributed by atoms with van der Waals surface area (Å²) >= 11 is 0. The molecule has 134 valence electrons. The van der Waals surface area contributed by atoms with Gasteiger partial charge in [0, 0.05) is 19.3 Å². The number of carbonyl (C=O) groups excluding carboxylic acids is 1. The molecule has 1 aliphatic heterocycles. The molecule has 1 saturated heterocycles. The lowest BCUT2D eigenvalue weighted by Gasteiger charge is -2.38. The zero-order valence-electron chi connectivity index (χ0n) is 15.1. The molecule has 0 bridgehead atoms. The monoisotopic (exact) mass is 341 g/mol. The molecule has 1 amide bonds. The van der Waals surface area contributed by atoms with E-state index in [1.54, 1.807) is 10.7 Å². The fourth-order valence-electron chi connectivity index (χ4n) is 3.78. The highest BCUT2D eigenvalue weighted by Gasteiger charge is 2.40. The molecule has 5 heteroatoms. The number of carbonyl (C=O) groups is 1. The Morgan fingerprint density at radius 3 is 2.92 bits per heavy atom. The number of pyridine rings is 1. The van der Waals surface area contributed by atoms with Crippen LogP contribution in [0.5, 0.6) is 0 Å². The molecule has 0 N–H and O–H groups in total. The Bertz CT molecular complexity index is 765. The number of hydrogen-bond donors (Lipinski definition) is 0. The molecule has 2 fully saturated rings. The molecule has 0 aromatic carbocycles. The summed E-state index contributed by atoms with van der Waals surface area (Å²) in [5.74, 6) is 0.737. The van der Waals surface area contributed by atoms with Gasteiger partial charge in [-0.15, -0.1) is 0 Å². The average Bonchev–Trinajstić information content (AvgIpc) is 3.39. The predicted molar refractivity (Wildman–Crippen MR) is 96.7 cm³/mol. The predicted octanol–water partition coefficient (Wildman–Crippen LogP) is 3.45. The van der Waals surface area contributed by atoms with Crippen LogP contribution >= 0.6 is 0 Å². The molecule has 4 rings (SSSR count). The lowest BCUT2D eigenvalue weighted by atomic mass is 10.1. The second kappa shape index (κ2) is 6.79. The summed E-state index contributed by atoms with van der Waals surface area (Å²) in [6, 6.07) is 4.02. The third-order valence-electron chi connectivity index (χ3n) is 5.40. The molecular formula is C20H27N3O2. The highest BCUT2D eigenvalue weighted by Crippen LogP contribution is 2.37. The van der Waals surface area contributed by atoms with E-state index in [4.69, 9.17) is 4.74 Å². The number of amides is 1. The van der Waals surface area contributed by atoms with E-state index in [-0.39, 0.29) is 18.1 Å². The van der Waals surface area contributed by atoms with Crippen molar-refractivity contribution in [2.75, 3.05) is 13.1 Å². The van der Waals surface area contributed by atoms with Crippen LogP contribution in [0.15, 0.2) is 24.5 Å². The minimum Gasteiger partial charge on any atom is -0.371 e. The van der Waals surface area contributed by atoms with E-state index >= 15 is 0 Å². The molecule has 1 aliphatic carbocycles. The number of fused-ring (bicyclic) bond motifs is 1. The fraction of sp³-hybridized carbons (Fsp3) is 0.600. The van der Waals surface area contributed by atoms with Crippen LogP contribution in [-0.4, -0.2) is 45.7 Å². The molecule has 2 aromatic rings. The van der Waals surface area contributed by atoms with Crippen LogP contribution in [0.3, 0.4) is 0 Å². The largest absolute Gasteiger partial charge is 0.371 e. The third-order valence-corrected chi connectivity index (χ3v) is 5.40. The average molecular weight is 341 g/mol. The van der Waals surface area contributed by atoms with Gasteiger partial charge in [-0.3, -0.25) is 4.79 Å². The van der Waals surface area contributed by atoms with Gasteiger partial charge in [-0.2, -0.15) is 5.10 Å². The summed E-state index contributed by atoms with van der Waals surface area (Å²) in [5.41, 5.74) is 2.72. The maximum Gasteiger partial charge on any atom is 0.257 e. The van der Waals surface area contributed by atoms with E-state index < -0.39 is 0 Å². The quantitative estimate of drug-likeness (QED) is 0.837. The Morgan fingerprint density at radius 2 is 2.16 bits per heavy atom. The number of aromatic nitrogens is 2. The minimum absolute atomic E-state index is 0.0919. The first-order valence-corrected chi connectivity index (χ1v) is 9.54. The molecule has 3 heterocycles. The lowest BCUT2D eigenvalue weighted by Crippen LogP contribution is -2.50. The summed E-state index contributed by atoms with van der Waals surface area (Å²) in [6.45, 7) is 5.65. The van der Waals surface area contributed by atoms with Gasteiger partial charge >= 0.3 is 0 Å². The van der Waals surface area contributed by atoms with Crippen LogP contribution in [0, 0.1) is 12.8 Å². The summed E-state index contributed by atoms with van der Waals surface area (Å²) in [4.78, 5) is 15.2. The Morgan fingerprint density at radius 1 is 1.32 bits per heavy atom. The van der Waals surface area contributed by atoms with Gasteiger partial charge in [0.2, 0.25) is 0 Å². The molecule has 1 saturated carbocycles. The van der Waals surface area contributed by atoms with E-state index in [0.717, 1.165) is 36.9 Å². The maximum atomic E-state index is 13.2. The molecule has 0 radical (unpaired) electrons. The molecule has 0 spiro atoms. The van der Waals surface area contributed by atoms with E-state index in [0.29, 0.717) is 18.0 Å². The Kier molecular flexibility index (Phi) is 4.50. The molecule has 25 heavy (non-hydrogen) atoms. The zero-order valence-corrected chi connectivity index (χ0v) is 15.1. The minimum atomic E-state index is 0.0919. The van der Waals surface area contributed by atoms with Crippen LogP contribution < -0.4 is 0 Å². The van der Waals surface area contributed by atoms with E-state index in [2.05, 4.69) is 12.0 Å². The van der Waals surface area contributed by atoms with E-state index in [1.807, 2.05) is 30.2 Å². The third kappa shape index (κ3) is 3.43. The first kappa shape index (κ1) is 16.6. The van der Waals surface area contributed by atoms with Crippen LogP contribution in [0.4, 0.5) is 0 Å². The number of hydrogen-bond acceptors (Lipinski definition) is 3. The van der Waals surface area contributed by atoms with E-state index in [9.17, 15) is 4.79 Å². The zero-order chi connectivity index (χ0) is 17.4. The van der Waals surface area contributed by atoms with Crippen LogP contribution in [-0.2, 0) is 4.74 Å². The Balaban J connectivity index is 1.56. The molecule has 0 unspecified atom stereocenters. The number of ether oxygens (including phenoxy) is 1. The molecule has 5 nitrogen and oxygen atoms in total. The van der Waals surface area contributed by atoms with Crippen molar-refractivity contribution >= 4 is 11.4 Å². The van der Waals surface area contributed by atoms with Gasteiger partial charge in [-0.25, -0.2) is 4.52 Å². The number of rotatable bonds is 5. The van der Waals surface area contributed by atoms with Crippen molar-refractivity contribution in [3.05, 3.63) is 35.7 Å². The van der Waals surface area contributed by atoms with Gasteiger partial charge in [0.1, 0.15) is 0 Å². The second-order valence-electron chi connectivity index (χ2n) is 7.58. The standard InChI is InChI=1S/C20H27N3O2/c1-3-4-5-16-12-22(13-19(25-16)15-7-8-15)20(24)17-10-21-23-11-14(2)6-9-18(17)23/h6,9-11,15-16,19H,3-5,7-8,12-13H2,1-2H3/t16-,19-/m1/s1. The number of aryl methyl sites for hydroxylation is 1. The van der Waals surface area contributed by atoms with Crippen LogP contribution in [0.1, 0.15) is 54.9 Å². The van der Waals surface area contributed by atoms with Crippen molar-refractivity contribution in [1.29, 1.82) is 0 Å². The summed E-state index contributed by atoms with van der Waals surface area (Å²) < 4.78 is 8.10. The lowest BCUT2D eigenvalue weighted by molar-refractivity contribution is -0.0874. The Labute approximate surface area is 149 Å². The maximum absolute atomic E-state index is 13.2. The molecule has 2 atom stereocenters. The summed E-state index contributed by atoms with van der Waals surface area (Å²) in [7, 11) is 0. The van der Waals surface area contributed by atoms with Crippen molar-refractivity contribution in [2.45, 2.75) is 58.2 Å².